The summed E-state index contributed by atoms with van der Waals surface area (Å²) >= 11 is 3.27. The zero-order chi connectivity index (χ0) is 18.4. The van der Waals surface area contributed by atoms with Gasteiger partial charge in [0.2, 0.25) is 5.91 Å². The summed E-state index contributed by atoms with van der Waals surface area (Å²) in [5.74, 6) is -1.98. The summed E-state index contributed by atoms with van der Waals surface area (Å²) < 4.78 is 39.2. The minimum atomic E-state index is -4.21. The number of carbonyl (C=O) groups excluding carboxylic acids is 2. The monoisotopic (exact) mass is 420 g/mol. The van der Waals surface area contributed by atoms with E-state index in [4.69, 9.17) is 0 Å². The van der Waals surface area contributed by atoms with Gasteiger partial charge in [-0.25, -0.2) is 0 Å². The van der Waals surface area contributed by atoms with Crippen LogP contribution in [0, 0.1) is 5.92 Å². The van der Waals surface area contributed by atoms with Crippen molar-refractivity contribution in [3.63, 3.8) is 0 Å². The van der Waals surface area contributed by atoms with E-state index in [1.165, 1.54) is 0 Å². The molecule has 1 fully saturated rings. The predicted molar refractivity (Wildman–Crippen MR) is 91.0 cm³/mol. The molecule has 0 spiro atoms. The Morgan fingerprint density at radius 1 is 1.16 bits per heavy atom. The van der Waals surface area contributed by atoms with E-state index in [1.54, 1.807) is 24.3 Å². The highest BCUT2D eigenvalue weighted by Crippen LogP contribution is 2.37. The van der Waals surface area contributed by atoms with Crippen LogP contribution in [0.3, 0.4) is 0 Å². The van der Waals surface area contributed by atoms with Crippen LogP contribution in [-0.4, -0.2) is 30.6 Å². The molecule has 0 aliphatic heterocycles. The van der Waals surface area contributed by atoms with Crippen LogP contribution in [0.1, 0.15) is 42.5 Å². The first-order valence-corrected chi connectivity index (χ1v) is 8.95. The number of hydrogen-bond donors (Lipinski definition) is 2. The molecule has 1 aromatic carbocycles. The molecule has 8 heteroatoms. The van der Waals surface area contributed by atoms with Gasteiger partial charge < -0.3 is 10.6 Å². The zero-order valence-corrected chi connectivity index (χ0v) is 15.1. The Morgan fingerprint density at radius 2 is 1.84 bits per heavy atom. The van der Waals surface area contributed by atoms with Crippen molar-refractivity contribution in [3.05, 3.63) is 34.3 Å². The largest absolute Gasteiger partial charge is 0.391 e. The van der Waals surface area contributed by atoms with Gasteiger partial charge in [0, 0.05) is 29.0 Å². The summed E-state index contributed by atoms with van der Waals surface area (Å²) in [6, 6.07) is 6.33. The number of hydrogen-bond acceptors (Lipinski definition) is 2. The third-order valence-electron chi connectivity index (χ3n) is 4.25. The molecular formula is C17H20BrF3N2O2. The number of carbonyl (C=O) groups is 2. The van der Waals surface area contributed by atoms with Gasteiger partial charge in [0.05, 0.1) is 5.92 Å². The number of nitrogens with one attached hydrogen (secondary N) is 2. The average Bonchev–Trinajstić information content (AvgIpc) is 2.55. The molecule has 138 valence electrons. The Balaban J connectivity index is 1.72. The maximum absolute atomic E-state index is 12.8. The van der Waals surface area contributed by atoms with Gasteiger partial charge in [-0.15, -0.1) is 0 Å². The van der Waals surface area contributed by atoms with Crippen LogP contribution >= 0.6 is 15.9 Å². The Kier molecular flexibility index (Phi) is 6.87. The van der Waals surface area contributed by atoms with Gasteiger partial charge in [0.1, 0.15) is 0 Å². The molecule has 2 rings (SSSR count). The van der Waals surface area contributed by atoms with Crippen LogP contribution in [0.15, 0.2) is 28.7 Å². The topological polar surface area (TPSA) is 58.2 Å². The molecule has 0 bridgehead atoms. The minimum Gasteiger partial charge on any atom is -0.353 e. The number of amides is 2. The Hall–Kier alpha value is -1.57. The van der Waals surface area contributed by atoms with Gasteiger partial charge >= 0.3 is 6.18 Å². The molecule has 2 amide bonds. The quantitative estimate of drug-likeness (QED) is 0.760. The van der Waals surface area contributed by atoms with Crippen LogP contribution in [0.25, 0.3) is 0 Å². The Morgan fingerprint density at radius 3 is 2.48 bits per heavy atom. The second-order valence-corrected chi connectivity index (χ2v) is 7.10. The van der Waals surface area contributed by atoms with E-state index in [0.717, 1.165) is 4.47 Å². The predicted octanol–water partition coefficient (Wildman–Crippen LogP) is 3.81. The van der Waals surface area contributed by atoms with Crippen LogP contribution < -0.4 is 10.6 Å². The second-order valence-electron chi connectivity index (χ2n) is 6.18. The minimum absolute atomic E-state index is 0.0372. The van der Waals surface area contributed by atoms with Crippen LogP contribution in [-0.2, 0) is 4.79 Å². The molecule has 2 N–H and O–H groups in total. The molecule has 0 heterocycles. The van der Waals surface area contributed by atoms with E-state index in [-0.39, 0.29) is 37.6 Å². The van der Waals surface area contributed by atoms with E-state index < -0.39 is 18.1 Å². The standard InChI is InChI=1S/C17H20BrF3N2O2/c18-13-6-4-11(5-7-13)16(25)22-9-8-15(24)23-14-3-1-2-12(10-14)17(19,20)21/h4-7,12,14H,1-3,8-10H2,(H,22,25)(H,23,24)/t12-,14+/m0/s1. The smallest absolute Gasteiger partial charge is 0.353 e. The molecule has 1 aliphatic carbocycles. The van der Waals surface area contributed by atoms with Crippen molar-refractivity contribution in [1.82, 2.24) is 10.6 Å². The maximum Gasteiger partial charge on any atom is 0.391 e. The van der Waals surface area contributed by atoms with Crippen molar-refractivity contribution in [2.24, 2.45) is 5.92 Å². The van der Waals surface area contributed by atoms with E-state index in [2.05, 4.69) is 26.6 Å². The van der Waals surface area contributed by atoms with E-state index in [1.807, 2.05) is 0 Å². The summed E-state index contributed by atoms with van der Waals surface area (Å²) in [7, 11) is 0. The number of benzene rings is 1. The van der Waals surface area contributed by atoms with Crippen LogP contribution in [0.4, 0.5) is 13.2 Å². The summed E-state index contributed by atoms with van der Waals surface area (Å²) in [4.78, 5) is 23.8. The SMILES string of the molecule is O=C(CCNC(=O)c1ccc(Br)cc1)N[C@@H]1CCC[C@H](C(F)(F)F)C1. The van der Waals surface area contributed by atoms with Crippen molar-refractivity contribution in [2.75, 3.05) is 6.54 Å². The summed E-state index contributed by atoms with van der Waals surface area (Å²) in [5.41, 5.74) is 0.476. The Labute approximate surface area is 152 Å². The summed E-state index contributed by atoms with van der Waals surface area (Å²) in [5, 5.41) is 5.27. The fourth-order valence-corrected chi connectivity index (χ4v) is 3.18. The first-order valence-electron chi connectivity index (χ1n) is 8.15. The second kappa shape index (κ2) is 8.69. The molecule has 2 atom stereocenters. The van der Waals surface area contributed by atoms with Crippen molar-refractivity contribution in [2.45, 2.75) is 44.3 Å². The first-order chi connectivity index (χ1) is 11.8. The van der Waals surface area contributed by atoms with Gasteiger partial charge in [-0.3, -0.25) is 9.59 Å². The molecule has 25 heavy (non-hydrogen) atoms. The van der Waals surface area contributed by atoms with Gasteiger partial charge in [-0.05, 0) is 43.5 Å². The molecule has 1 saturated carbocycles. The molecule has 4 nitrogen and oxygen atoms in total. The fraction of sp³-hybridized carbons (Fsp3) is 0.529. The van der Waals surface area contributed by atoms with E-state index >= 15 is 0 Å². The molecule has 0 saturated heterocycles. The summed E-state index contributed by atoms with van der Waals surface area (Å²) in [6.45, 7) is 0.135. The maximum atomic E-state index is 12.8. The van der Waals surface area contributed by atoms with Crippen molar-refractivity contribution >= 4 is 27.7 Å². The molecule has 1 aliphatic rings. The molecular weight excluding hydrogens is 401 g/mol. The zero-order valence-electron chi connectivity index (χ0n) is 13.5. The molecule has 0 unspecified atom stereocenters. The van der Waals surface area contributed by atoms with Crippen LogP contribution in [0.2, 0.25) is 0 Å². The molecule has 1 aromatic rings. The van der Waals surface area contributed by atoms with Crippen LogP contribution in [0.5, 0.6) is 0 Å². The Bertz CT molecular complexity index is 605. The van der Waals surface area contributed by atoms with Crippen molar-refractivity contribution in [1.29, 1.82) is 0 Å². The number of halogens is 4. The van der Waals surface area contributed by atoms with Crippen molar-refractivity contribution in [3.8, 4) is 0 Å². The lowest BCUT2D eigenvalue weighted by atomic mass is 9.85. The average molecular weight is 421 g/mol. The third-order valence-corrected chi connectivity index (χ3v) is 4.77. The molecule has 0 radical (unpaired) electrons. The van der Waals surface area contributed by atoms with Gasteiger partial charge in [-0.2, -0.15) is 13.2 Å². The molecule has 0 aromatic heterocycles. The summed E-state index contributed by atoms with van der Waals surface area (Å²) in [6.07, 6.45) is -3.10. The van der Waals surface area contributed by atoms with E-state index in [9.17, 15) is 22.8 Å². The van der Waals surface area contributed by atoms with Gasteiger partial charge in [0.15, 0.2) is 0 Å². The van der Waals surface area contributed by atoms with Gasteiger partial charge in [0.25, 0.3) is 5.91 Å². The van der Waals surface area contributed by atoms with Crippen molar-refractivity contribution < 1.29 is 22.8 Å². The fourth-order valence-electron chi connectivity index (χ4n) is 2.91. The van der Waals surface area contributed by atoms with Gasteiger partial charge in [-0.1, -0.05) is 22.4 Å². The first kappa shape index (κ1) is 19.8. The normalized spacial score (nSPS) is 20.8. The lowest BCUT2D eigenvalue weighted by Gasteiger charge is -2.31. The number of rotatable bonds is 5. The highest BCUT2D eigenvalue weighted by Gasteiger charge is 2.42. The van der Waals surface area contributed by atoms with E-state index in [0.29, 0.717) is 18.4 Å². The highest BCUT2D eigenvalue weighted by molar-refractivity contribution is 9.10. The third kappa shape index (κ3) is 6.34. The number of alkyl halides is 3. The highest BCUT2D eigenvalue weighted by atomic mass is 79.9. The lowest BCUT2D eigenvalue weighted by Crippen LogP contribution is -2.42. The lowest BCUT2D eigenvalue weighted by molar-refractivity contribution is -0.184.